The normalized spacial score (nSPS) is 12.5. The molecule has 1 aromatic heterocycles. The third-order valence-corrected chi connectivity index (χ3v) is 3.96. The maximum absolute atomic E-state index is 13.1. The highest BCUT2D eigenvalue weighted by atomic mass is 32.2. The second kappa shape index (κ2) is 7.47. The summed E-state index contributed by atoms with van der Waals surface area (Å²) in [4.78, 5) is 29.7. The smallest absolute Gasteiger partial charge is 0.325 e. The van der Waals surface area contributed by atoms with Gasteiger partial charge in [-0.15, -0.1) is 0 Å². The zero-order valence-corrected chi connectivity index (χ0v) is 13.5. The average Bonchev–Trinajstić information content (AvgIpc) is 2.54. The van der Waals surface area contributed by atoms with E-state index in [0.717, 1.165) is 23.9 Å². The summed E-state index contributed by atoms with van der Waals surface area (Å²) in [7, 11) is 0. The molecule has 2 rings (SSSR count). The molecular formula is C14H11F3N4O3S. The number of hydrogen-bond acceptors (Lipinski definition) is 6. The number of non-ortho nitro benzene ring substituents is 1. The van der Waals surface area contributed by atoms with Crippen molar-refractivity contribution in [1.29, 1.82) is 0 Å². The molecule has 25 heavy (non-hydrogen) atoms. The van der Waals surface area contributed by atoms with Crippen LogP contribution in [0.4, 0.5) is 24.5 Å². The maximum Gasteiger partial charge on any atom is 0.418 e. The third-order valence-electron chi connectivity index (χ3n) is 2.97. The number of anilines is 1. The van der Waals surface area contributed by atoms with Gasteiger partial charge in [0.15, 0.2) is 5.16 Å². The highest BCUT2D eigenvalue weighted by molar-refractivity contribution is 8.00. The fraction of sp³-hybridized carbons (Fsp3) is 0.214. The average molecular weight is 372 g/mol. The molecule has 0 spiro atoms. The highest BCUT2D eigenvalue weighted by Gasteiger charge is 2.36. The lowest BCUT2D eigenvalue weighted by molar-refractivity contribution is -0.385. The Morgan fingerprint density at radius 1 is 1.32 bits per heavy atom. The van der Waals surface area contributed by atoms with Gasteiger partial charge in [0.2, 0.25) is 5.91 Å². The van der Waals surface area contributed by atoms with Gasteiger partial charge in [0.25, 0.3) is 5.69 Å². The summed E-state index contributed by atoms with van der Waals surface area (Å²) in [6.07, 6.45) is -1.91. The van der Waals surface area contributed by atoms with Crippen LogP contribution in [-0.2, 0) is 11.0 Å². The summed E-state index contributed by atoms with van der Waals surface area (Å²) in [5.74, 6) is -0.711. The summed E-state index contributed by atoms with van der Waals surface area (Å²) in [6, 6.07) is 3.72. The molecule has 0 radical (unpaired) electrons. The van der Waals surface area contributed by atoms with E-state index >= 15 is 0 Å². The van der Waals surface area contributed by atoms with Crippen molar-refractivity contribution >= 4 is 29.0 Å². The van der Waals surface area contributed by atoms with E-state index in [0.29, 0.717) is 11.2 Å². The van der Waals surface area contributed by atoms with Crippen LogP contribution in [0.2, 0.25) is 0 Å². The molecule has 0 unspecified atom stereocenters. The minimum Gasteiger partial charge on any atom is -0.325 e. The van der Waals surface area contributed by atoms with Crippen molar-refractivity contribution < 1.29 is 22.9 Å². The number of nitro benzene ring substituents is 1. The monoisotopic (exact) mass is 372 g/mol. The predicted octanol–water partition coefficient (Wildman–Crippen LogP) is 3.52. The lowest BCUT2D eigenvalue weighted by Crippen LogP contribution is -2.24. The number of carbonyl (C=O) groups is 1. The predicted molar refractivity (Wildman–Crippen MR) is 84.1 cm³/mol. The van der Waals surface area contributed by atoms with Gasteiger partial charge in [-0.25, -0.2) is 9.97 Å². The van der Waals surface area contributed by atoms with Crippen LogP contribution in [-0.4, -0.2) is 26.0 Å². The molecule has 2 aromatic rings. The number of hydrogen-bond donors (Lipinski definition) is 1. The SMILES string of the molecule is C[C@@H](Sc1ncccn1)C(=O)Nc1ccc([N+](=O)[O-])cc1C(F)(F)F. The van der Waals surface area contributed by atoms with Crippen molar-refractivity contribution in [3.63, 3.8) is 0 Å². The summed E-state index contributed by atoms with van der Waals surface area (Å²) in [5.41, 5.74) is -2.56. The van der Waals surface area contributed by atoms with Crippen LogP contribution in [0.5, 0.6) is 0 Å². The van der Waals surface area contributed by atoms with Crippen molar-refractivity contribution in [3.8, 4) is 0 Å². The summed E-state index contributed by atoms with van der Waals surface area (Å²) < 4.78 is 39.3. The van der Waals surface area contributed by atoms with E-state index in [2.05, 4.69) is 15.3 Å². The van der Waals surface area contributed by atoms with E-state index in [4.69, 9.17) is 0 Å². The molecule has 0 aliphatic heterocycles. The molecular weight excluding hydrogens is 361 g/mol. The van der Waals surface area contributed by atoms with Crippen LogP contribution < -0.4 is 5.32 Å². The van der Waals surface area contributed by atoms with Crippen molar-refractivity contribution in [1.82, 2.24) is 9.97 Å². The number of halogens is 3. The number of nitrogens with zero attached hydrogens (tertiary/aromatic N) is 3. The first-order chi connectivity index (χ1) is 11.7. The number of thioether (sulfide) groups is 1. The first-order valence-corrected chi connectivity index (χ1v) is 7.66. The van der Waals surface area contributed by atoms with Gasteiger partial charge in [0.05, 0.1) is 21.4 Å². The number of rotatable bonds is 5. The van der Waals surface area contributed by atoms with Crippen molar-refractivity contribution in [2.24, 2.45) is 0 Å². The van der Waals surface area contributed by atoms with Gasteiger partial charge in [-0.05, 0) is 19.1 Å². The number of aromatic nitrogens is 2. The Balaban J connectivity index is 2.21. The zero-order chi connectivity index (χ0) is 18.6. The van der Waals surface area contributed by atoms with E-state index in [-0.39, 0.29) is 0 Å². The van der Waals surface area contributed by atoms with E-state index in [1.54, 1.807) is 6.07 Å². The minimum absolute atomic E-state index is 0.296. The third kappa shape index (κ3) is 4.89. The van der Waals surface area contributed by atoms with Crippen molar-refractivity contribution in [3.05, 3.63) is 52.3 Å². The lowest BCUT2D eigenvalue weighted by Gasteiger charge is -2.15. The molecule has 0 bridgehead atoms. The van der Waals surface area contributed by atoms with Crippen LogP contribution in [0.25, 0.3) is 0 Å². The summed E-state index contributed by atoms with van der Waals surface area (Å²) >= 11 is 0.969. The molecule has 0 fully saturated rings. The summed E-state index contributed by atoms with van der Waals surface area (Å²) in [5, 5.41) is 12.3. The minimum atomic E-state index is -4.85. The molecule has 1 amide bonds. The largest absolute Gasteiger partial charge is 0.418 e. The molecule has 1 atom stereocenters. The van der Waals surface area contributed by atoms with Gasteiger partial charge in [-0.2, -0.15) is 13.2 Å². The van der Waals surface area contributed by atoms with Crippen LogP contribution in [0.15, 0.2) is 41.8 Å². The number of benzene rings is 1. The standard InChI is InChI=1S/C14H11F3N4O3S/c1-8(25-13-18-5-2-6-19-13)12(22)20-11-4-3-9(21(23)24)7-10(11)14(15,16)17/h2-8H,1H3,(H,20,22)/t8-/m1/s1. The van der Waals surface area contributed by atoms with Gasteiger partial charge < -0.3 is 5.32 Å². The van der Waals surface area contributed by atoms with Gasteiger partial charge in [-0.1, -0.05) is 11.8 Å². The van der Waals surface area contributed by atoms with E-state index in [1.807, 2.05) is 0 Å². The van der Waals surface area contributed by atoms with Crippen LogP contribution in [0, 0.1) is 10.1 Å². The Kier molecular flexibility index (Phi) is 5.57. The topological polar surface area (TPSA) is 98.0 Å². The Labute approximate surface area is 143 Å². The van der Waals surface area contributed by atoms with Crippen molar-refractivity contribution in [2.45, 2.75) is 23.5 Å². The number of carbonyl (C=O) groups excluding carboxylic acids is 1. The fourth-order valence-corrected chi connectivity index (χ4v) is 2.51. The molecule has 1 N–H and O–H groups in total. The van der Waals surface area contributed by atoms with Crippen LogP contribution >= 0.6 is 11.8 Å². The molecule has 132 valence electrons. The van der Waals surface area contributed by atoms with Gasteiger partial charge in [0.1, 0.15) is 0 Å². The molecule has 0 saturated carbocycles. The fourth-order valence-electron chi connectivity index (χ4n) is 1.78. The number of amides is 1. The maximum atomic E-state index is 13.1. The zero-order valence-electron chi connectivity index (χ0n) is 12.6. The molecule has 0 saturated heterocycles. The Hall–Kier alpha value is -2.69. The Bertz CT molecular complexity index is 787. The summed E-state index contributed by atoms with van der Waals surface area (Å²) in [6.45, 7) is 1.48. The van der Waals surface area contributed by atoms with E-state index < -0.39 is 39.2 Å². The molecule has 11 heteroatoms. The Morgan fingerprint density at radius 2 is 1.96 bits per heavy atom. The van der Waals surface area contributed by atoms with E-state index in [1.165, 1.54) is 19.3 Å². The van der Waals surface area contributed by atoms with E-state index in [9.17, 15) is 28.1 Å². The quantitative estimate of drug-likeness (QED) is 0.373. The second-order valence-corrected chi connectivity index (χ2v) is 6.07. The second-order valence-electron chi connectivity index (χ2n) is 4.77. The molecule has 1 aromatic carbocycles. The first-order valence-electron chi connectivity index (χ1n) is 6.78. The van der Waals surface area contributed by atoms with Gasteiger partial charge >= 0.3 is 6.18 Å². The van der Waals surface area contributed by atoms with Gasteiger partial charge in [-0.3, -0.25) is 14.9 Å². The Morgan fingerprint density at radius 3 is 2.52 bits per heavy atom. The van der Waals surface area contributed by atoms with Gasteiger partial charge in [0, 0.05) is 24.5 Å². The molecule has 0 aliphatic rings. The number of nitrogens with one attached hydrogen (secondary N) is 1. The molecule has 7 nitrogen and oxygen atoms in total. The highest BCUT2D eigenvalue weighted by Crippen LogP contribution is 2.37. The number of alkyl halides is 3. The lowest BCUT2D eigenvalue weighted by atomic mass is 10.1. The van der Waals surface area contributed by atoms with Crippen LogP contribution in [0.1, 0.15) is 12.5 Å². The number of nitro groups is 1. The van der Waals surface area contributed by atoms with Crippen molar-refractivity contribution in [2.75, 3.05) is 5.32 Å². The molecule has 0 aliphatic carbocycles. The first kappa shape index (κ1) is 18.6. The van der Waals surface area contributed by atoms with Crippen LogP contribution in [0.3, 0.4) is 0 Å². The molecule has 1 heterocycles.